The molecular formula is C15H21ClN2O4S. The maximum Gasteiger partial charge on any atom is 0.239 e. The number of Topliss-reactive ketones (excluding diaryl/α,β-unsaturated/α-hetero) is 1. The van der Waals surface area contributed by atoms with Gasteiger partial charge in [-0.3, -0.25) is 14.4 Å². The summed E-state index contributed by atoms with van der Waals surface area (Å²) in [5.41, 5.74) is 0. The van der Waals surface area contributed by atoms with E-state index < -0.39 is 0 Å². The van der Waals surface area contributed by atoms with Crippen molar-refractivity contribution in [1.82, 2.24) is 10.2 Å². The van der Waals surface area contributed by atoms with E-state index in [2.05, 4.69) is 5.32 Å². The van der Waals surface area contributed by atoms with Gasteiger partial charge in [-0.2, -0.15) is 0 Å². The Hall–Kier alpha value is -1.44. The fourth-order valence-corrected chi connectivity index (χ4v) is 2.81. The van der Waals surface area contributed by atoms with E-state index in [1.165, 1.54) is 16.2 Å². The predicted molar refractivity (Wildman–Crippen MR) is 90.0 cm³/mol. The number of carbonyl (C=O) groups excluding carboxylic acids is 3. The highest BCUT2D eigenvalue weighted by molar-refractivity contribution is 7.18. The van der Waals surface area contributed by atoms with Crippen molar-refractivity contribution in [3.8, 4) is 0 Å². The van der Waals surface area contributed by atoms with Crippen LogP contribution in [0.4, 0.5) is 0 Å². The summed E-state index contributed by atoms with van der Waals surface area (Å²) < 4.78 is 5.42. The first kappa shape index (κ1) is 19.6. The van der Waals surface area contributed by atoms with Crippen LogP contribution in [0.2, 0.25) is 4.34 Å². The molecule has 0 aliphatic heterocycles. The number of hydrogen-bond donors (Lipinski definition) is 1. The van der Waals surface area contributed by atoms with Crippen LogP contribution in [0.15, 0.2) is 12.1 Å². The molecule has 0 radical (unpaired) electrons. The number of nitrogens with zero attached hydrogens (tertiary/aromatic N) is 1. The highest BCUT2D eigenvalue weighted by Gasteiger charge is 2.16. The Labute approximate surface area is 144 Å². The van der Waals surface area contributed by atoms with Crippen LogP contribution in [0.3, 0.4) is 0 Å². The zero-order chi connectivity index (χ0) is 17.2. The molecule has 0 aliphatic rings. The van der Waals surface area contributed by atoms with Crippen molar-refractivity contribution in [1.29, 1.82) is 0 Å². The Balaban J connectivity index is 2.28. The molecule has 0 atom stereocenters. The molecule has 2 amide bonds. The van der Waals surface area contributed by atoms with Gasteiger partial charge in [-0.1, -0.05) is 11.6 Å². The number of amides is 2. The first-order chi connectivity index (χ1) is 10.9. The fraction of sp³-hybridized carbons (Fsp3) is 0.533. The highest BCUT2D eigenvalue weighted by atomic mass is 35.5. The molecule has 0 aromatic carbocycles. The molecule has 1 rings (SSSR count). The topological polar surface area (TPSA) is 75.7 Å². The number of rotatable bonds is 10. The van der Waals surface area contributed by atoms with Gasteiger partial charge in [-0.05, 0) is 18.6 Å². The summed E-state index contributed by atoms with van der Waals surface area (Å²) in [6, 6.07) is 3.30. The van der Waals surface area contributed by atoms with Gasteiger partial charge in [-0.25, -0.2) is 0 Å². The molecule has 128 valence electrons. The number of likely N-dealkylation sites (N-methyl/N-ethyl adjacent to an activating group) is 1. The molecule has 1 aromatic rings. The summed E-state index contributed by atoms with van der Waals surface area (Å²) in [4.78, 5) is 37.4. The monoisotopic (exact) mass is 360 g/mol. The standard InChI is InChI=1S/C15H21ClN2O4S/c1-18(10-14(20)17-8-3-9-22-2)15(21)7-4-11(19)12-5-6-13(16)23-12/h5-6H,3-4,7-10H2,1-2H3,(H,17,20). The number of thiophene rings is 1. The molecule has 6 nitrogen and oxygen atoms in total. The maximum atomic E-state index is 11.9. The number of halogens is 1. The summed E-state index contributed by atoms with van der Waals surface area (Å²) in [5.74, 6) is -0.589. The third kappa shape index (κ3) is 7.58. The lowest BCUT2D eigenvalue weighted by atomic mass is 10.2. The van der Waals surface area contributed by atoms with Crippen LogP contribution in [0.25, 0.3) is 0 Å². The molecule has 8 heteroatoms. The minimum absolute atomic E-state index is 0.0230. The van der Waals surface area contributed by atoms with Crippen LogP contribution in [-0.4, -0.2) is 56.4 Å². The Morgan fingerprint density at radius 3 is 2.65 bits per heavy atom. The maximum absolute atomic E-state index is 11.9. The van der Waals surface area contributed by atoms with Crippen molar-refractivity contribution in [2.24, 2.45) is 0 Å². The molecular weight excluding hydrogens is 340 g/mol. The van der Waals surface area contributed by atoms with E-state index in [9.17, 15) is 14.4 Å². The van der Waals surface area contributed by atoms with Gasteiger partial charge in [0, 0.05) is 40.2 Å². The van der Waals surface area contributed by atoms with E-state index in [4.69, 9.17) is 16.3 Å². The molecule has 0 fully saturated rings. The van der Waals surface area contributed by atoms with Crippen LogP contribution >= 0.6 is 22.9 Å². The number of ether oxygens (including phenoxy) is 1. The largest absolute Gasteiger partial charge is 0.385 e. The first-order valence-electron chi connectivity index (χ1n) is 7.22. The third-order valence-electron chi connectivity index (χ3n) is 3.07. The van der Waals surface area contributed by atoms with Gasteiger partial charge in [0.15, 0.2) is 5.78 Å². The van der Waals surface area contributed by atoms with Gasteiger partial charge in [0.25, 0.3) is 0 Å². The van der Waals surface area contributed by atoms with Crippen LogP contribution in [-0.2, 0) is 14.3 Å². The molecule has 1 heterocycles. The van der Waals surface area contributed by atoms with Crippen molar-refractivity contribution in [3.05, 3.63) is 21.3 Å². The van der Waals surface area contributed by atoms with E-state index in [1.807, 2.05) is 0 Å². The van der Waals surface area contributed by atoms with Gasteiger partial charge in [0.1, 0.15) is 0 Å². The smallest absolute Gasteiger partial charge is 0.239 e. The minimum Gasteiger partial charge on any atom is -0.385 e. The SMILES string of the molecule is COCCCNC(=O)CN(C)C(=O)CCC(=O)c1ccc(Cl)s1. The van der Waals surface area contributed by atoms with E-state index in [-0.39, 0.29) is 37.0 Å². The zero-order valence-corrected chi connectivity index (χ0v) is 14.8. The van der Waals surface area contributed by atoms with Crippen molar-refractivity contribution in [2.45, 2.75) is 19.3 Å². The van der Waals surface area contributed by atoms with Crippen LogP contribution in [0.5, 0.6) is 0 Å². The van der Waals surface area contributed by atoms with Crippen molar-refractivity contribution in [3.63, 3.8) is 0 Å². The van der Waals surface area contributed by atoms with Crippen LogP contribution in [0.1, 0.15) is 28.9 Å². The number of methoxy groups -OCH3 is 1. The predicted octanol–water partition coefficient (Wildman–Crippen LogP) is 1.98. The average molecular weight is 361 g/mol. The molecule has 0 spiro atoms. The fourth-order valence-electron chi connectivity index (χ4n) is 1.80. The summed E-state index contributed by atoms with van der Waals surface area (Å²) in [6.07, 6.45) is 0.898. The van der Waals surface area contributed by atoms with E-state index in [0.29, 0.717) is 22.4 Å². The highest BCUT2D eigenvalue weighted by Crippen LogP contribution is 2.22. The second-order valence-electron chi connectivity index (χ2n) is 4.97. The Morgan fingerprint density at radius 1 is 1.30 bits per heavy atom. The summed E-state index contributed by atoms with van der Waals surface area (Å²) >= 11 is 6.97. The summed E-state index contributed by atoms with van der Waals surface area (Å²) in [6.45, 7) is 1.06. The summed E-state index contributed by atoms with van der Waals surface area (Å²) in [5, 5.41) is 2.70. The molecule has 0 aliphatic carbocycles. The lowest BCUT2D eigenvalue weighted by Crippen LogP contribution is -2.38. The van der Waals surface area contributed by atoms with E-state index in [1.54, 1.807) is 26.3 Å². The van der Waals surface area contributed by atoms with Crippen molar-refractivity contribution < 1.29 is 19.1 Å². The van der Waals surface area contributed by atoms with Crippen LogP contribution < -0.4 is 5.32 Å². The minimum atomic E-state index is -0.243. The van der Waals surface area contributed by atoms with Gasteiger partial charge in [-0.15, -0.1) is 11.3 Å². The average Bonchev–Trinajstić information content (AvgIpc) is 2.95. The molecule has 0 saturated heterocycles. The normalized spacial score (nSPS) is 10.4. The molecule has 1 aromatic heterocycles. The Morgan fingerprint density at radius 2 is 2.04 bits per heavy atom. The van der Waals surface area contributed by atoms with Crippen molar-refractivity contribution >= 4 is 40.5 Å². The van der Waals surface area contributed by atoms with Gasteiger partial charge < -0.3 is 15.0 Å². The van der Waals surface area contributed by atoms with Gasteiger partial charge in [0.05, 0.1) is 15.8 Å². The Kier molecular flexibility index (Phi) is 8.83. The molecule has 0 unspecified atom stereocenters. The van der Waals surface area contributed by atoms with Crippen LogP contribution in [0, 0.1) is 0 Å². The first-order valence-corrected chi connectivity index (χ1v) is 8.41. The summed E-state index contributed by atoms with van der Waals surface area (Å²) in [7, 11) is 3.14. The van der Waals surface area contributed by atoms with Gasteiger partial charge >= 0.3 is 0 Å². The Bertz CT molecular complexity index is 547. The quantitative estimate of drug-likeness (QED) is 0.511. The lowest BCUT2D eigenvalue weighted by Gasteiger charge is -2.16. The second kappa shape index (κ2) is 10.4. The van der Waals surface area contributed by atoms with Gasteiger partial charge in [0.2, 0.25) is 11.8 Å². The molecule has 23 heavy (non-hydrogen) atoms. The number of hydrogen-bond acceptors (Lipinski definition) is 5. The zero-order valence-electron chi connectivity index (χ0n) is 13.3. The van der Waals surface area contributed by atoms with Crippen molar-refractivity contribution in [2.75, 3.05) is 33.9 Å². The van der Waals surface area contributed by atoms with E-state index in [0.717, 1.165) is 6.42 Å². The van der Waals surface area contributed by atoms with E-state index >= 15 is 0 Å². The number of nitrogens with one attached hydrogen (secondary N) is 1. The lowest BCUT2D eigenvalue weighted by molar-refractivity contribution is -0.134. The molecule has 0 bridgehead atoms. The molecule has 0 saturated carbocycles. The third-order valence-corrected chi connectivity index (χ3v) is 4.34. The number of carbonyl (C=O) groups is 3. The second-order valence-corrected chi connectivity index (χ2v) is 6.69. The number of ketones is 1. The molecule has 1 N–H and O–H groups in total.